The molecule has 1 atom stereocenters. The highest BCUT2D eigenvalue weighted by molar-refractivity contribution is 4.98. The van der Waals surface area contributed by atoms with Gasteiger partial charge < -0.3 is 4.90 Å². The van der Waals surface area contributed by atoms with E-state index in [-0.39, 0.29) is 0 Å². The molecule has 0 radical (unpaired) electrons. The van der Waals surface area contributed by atoms with Crippen LogP contribution < -0.4 is 0 Å². The highest BCUT2D eigenvalue weighted by atomic mass is 15.1. The normalized spacial score (nSPS) is 38.4. The van der Waals surface area contributed by atoms with Gasteiger partial charge in [0, 0.05) is 12.6 Å². The van der Waals surface area contributed by atoms with Crippen molar-refractivity contribution < 1.29 is 0 Å². The van der Waals surface area contributed by atoms with E-state index in [2.05, 4.69) is 18.9 Å². The van der Waals surface area contributed by atoms with E-state index in [1.54, 1.807) is 0 Å². The molecule has 1 aliphatic carbocycles. The lowest BCUT2D eigenvalue weighted by atomic mass is 9.91. The summed E-state index contributed by atoms with van der Waals surface area (Å²) in [6.07, 6.45) is 5.93. The summed E-state index contributed by atoms with van der Waals surface area (Å²) in [6.45, 7) is 3.71. The van der Waals surface area contributed by atoms with Crippen LogP contribution in [-0.4, -0.2) is 24.5 Å². The molecule has 1 heteroatoms. The molecule has 1 unspecified atom stereocenters. The molecule has 1 aliphatic heterocycles. The first kappa shape index (κ1) is 6.66. The minimum Gasteiger partial charge on any atom is -0.303 e. The van der Waals surface area contributed by atoms with Crippen molar-refractivity contribution in [1.82, 2.24) is 4.90 Å². The summed E-state index contributed by atoms with van der Waals surface area (Å²) >= 11 is 0. The molecule has 0 aromatic heterocycles. The van der Waals surface area contributed by atoms with Gasteiger partial charge in [-0.1, -0.05) is 0 Å². The molecule has 1 heterocycles. The van der Waals surface area contributed by atoms with Gasteiger partial charge in [0.25, 0.3) is 0 Å². The van der Waals surface area contributed by atoms with Crippen molar-refractivity contribution in [2.75, 3.05) is 13.6 Å². The number of nitrogens with zero attached hydrogens (tertiary/aromatic N) is 1. The Morgan fingerprint density at radius 2 is 2.00 bits per heavy atom. The van der Waals surface area contributed by atoms with Crippen LogP contribution in [0.1, 0.15) is 32.6 Å². The third-order valence-electron chi connectivity index (χ3n) is 3.39. The van der Waals surface area contributed by atoms with Crippen molar-refractivity contribution >= 4 is 0 Å². The first-order valence-electron chi connectivity index (χ1n) is 4.42. The first-order valence-corrected chi connectivity index (χ1v) is 4.42. The van der Waals surface area contributed by atoms with Gasteiger partial charge in [0.2, 0.25) is 0 Å². The van der Waals surface area contributed by atoms with E-state index in [1.807, 2.05) is 0 Å². The number of likely N-dealkylation sites (tertiary alicyclic amines) is 1. The Labute approximate surface area is 63.4 Å². The molecular weight excluding hydrogens is 122 g/mol. The zero-order valence-electron chi connectivity index (χ0n) is 7.06. The molecule has 0 aromatic rings. The summed E-state index contributed by atoms with van der Waals surface area (Å²) in [6, 6.07) is 0.839. The molecule has 2 fully saturated rings. The molecular formula is C9H17N. The zero-order chi connectivity index (χ0) is 7.19. The maximum Gasteiger partial charge on any atom is 0.00643 e. The lowest BCUT2D eigenvalue weighted by Crippen LogP contribution is -2.39. The Hall–Kier alpha value is -0.0400. The average molecular weight is 139 g/mol. The molecule has 0 N–H and O–H groups in total. The number of piperidine rings is 1. The minimum absolute atomic E-state index is 0.807. The molecule has 58 valence electrons. The van der Waals surface area contributed by atoms with Gasteiger partial charge >= 0.3 is 0 Å². The highest BCUT2D eigenvalue weighted by Gasteiger charge is 2.45. The van der Waals surface area contributed by atoms with Gasteiger partial charge in [-0.3, -0.25) is 0 Å². The van der Waals surface area contributed by atoms with E-state index < -0.39 is 0 Å². The van der Waals surface area contributed by atoms with Gasteiger partial charge in [-0.05, 0) is 45.1 Å². The van der Waals surface area contributed by atoms with E-state index in [0.29, 0.717) is 0 Å². The van der Waals surface area contributed by atoms with Crippen LogP contribution in [0.4, 0.5) is 0 Å². The van der Waals surface area contributed by atoms with Crippen LogP contribution in [0.5, 0.6) is 0 Å². The van der Waals surface area contributed by atoms with Crippen molar-refractivity contribution in [1.29, 1.82) is 0 Å². The minimum atomic E-state index is 0.807. The molecule has 1 saturated heterocycles. The lowest BCUT2D eigenvalue weighted by molar-refractivity contribution is 0.136. The topological polar surface area (TPSA) is 3.24 Å². The molecule has 1 saturated carbocycles. The maximum atomic E-state index is 2.52. The van der Waals surface area contributed by atoms with E-state index in [4.69, 9.17) is 0 Å². The summed E-state index contributed by atoms with van der Waals surface area (Å²) < 4.78 is 0. The molecule has 0 amide bonds. The molecule has 1 spiro atoms. The van der Waals surface area contributed by atoms with Crippen LogP contribution in [0, 0.1) is 5.41 Å². The Balaban J connectivity index is 1.98. The largest absolute Gasteiger partial charge is 0.303 e. The second-order valence-electron chi connectivity index (χ2n) is 4.30. The third-order valence-corrected chi connectivity index (χ3v) is 3.39. The molecule has 2 aliphatic rings. The summed E-state index contributed by atoms with van der Waals surface area (Å²) in [7, 11) is 2.27. The fourth-order valence-corrected chi connectivity index (χ4v) is 2.08. The van der Waals surface area contributed by atoms with Crippen molar-refractivity contribution in [3.63, 3.8) is 0 Å². The van der Waals surface area contributed by atoms with Gasteiger partial charge in [-0.15, -0.1) is 0 Å². The van der Waals surface area contributed by atoms with Crippen LogP contribution in [0.3, 0.4) is 0 Å². The van der Waals surface area contributed by atoms with Crippen LogP contribution in [0.25, 0.3) is 0 Å². The molecule has 1 nitrogen and oxygen atoms in total. The van der Waals surface area contributed by atoms with Crippen molar-refractivity contribution in [2.24, 2.45) is 5.41 Å². The van der Waals surface area contributed by atoms with E-state index in [0.717, 1.165) is 11.5 Å². The van der Waals surface area contributed by atoms with Crippen LogP contribution in [-0.2, 0) is 0 Å². The van der Waals surface area contributed by atoms with Gasteiger partial charge in [0.05, 0.1) is 0 Å². The van der Waals surface area contributed by atoms with Gasteiger partial charge in [-0.25, -0.2) is 0 Å². The predicted molar refractivity (Wildman–Crippen MR) is 43.0 cm³/mol. The SMILES string of the molecule is CC1CCC2(CC2)CN1C. The van der Waals surface area contributed by atoms with Gasteiger partial charge in [-0.2, -0.15) is 0 Å². The quantitative estimate of drug-likeness (QED) is 0.495. The Morgan fingerprint density at radius 3 is 2.50 bits per heavy atom. The fraction of sp³-hybridized carbons (Fsp3) is 1.00. The van der Waals surface area contributed by atoms with E-state index >= 15 is 0 Å². The first-order chi connectivity index (χ1) is 4.72. The maximum absolute atomic E-state index is 2.52. The molecule has 0 aromatic carbocycles. The fourth-order valence-electron chi connectivity index (χ4n) is 2.08. The van der Waals surface area contributed by atoms with E-state index in [1.165, 1.54) is 32.2 Å². The Bertz CT molecular complexity index is 138. The van der Waals surface area contributed by atoms with Gasteiger partial charge in [0.1, 0.15) is 0 Å². The summed E-state index contributed by atoms with van der Waals surface area (Å²) in [5, 5.41) is 0. The summed E-state index contributed by atoms with van der Waals surface area (Å²) in [5.41, 5.74) is 0.807. The second-order valence-corrected chi connectivity index (χ2v) is 4.30. The van der Waals surface area contributed by atoms with Crippen molar-refractivity contribution in [3.8, 4) is 0 Å². The number of hydrogen-bond acceptors (Lipinski definition) is 1. The lowest BCUT2D eigenvalue weighted by Gasteiger charge is -2.35. The van der Waals surface area contributed by atoms with Gasteiger partial charge in [0.15, 0.2) is 0 Å². The second kappa shape index (κ2) is 1.97. The Kier molecular flexibility index (Phi) is 1.31. The predicted octanol–water partition coefficient (Wildman–Crippen LogP) is 1.88. The average Bonchev–Trinajstić information content (AvgIpc) is 2.62. The van der Waals surface area contributed by atoms with Crippen molar-refractivity contribution in [3.05, 3.63) is 0 Å². The van der Waals surface area contributed by atoms with Crippen LogP contribution >= 0.6 is 0 Å². The van der Waals surface area contributed by atoms with Crippen molar-refractivity contribution in [2.45, 2.75) is 38.6 Å². The monoisotopic (exact) mass is 139 g/mol. The molecule has 10 heavy (non-hydrogen) atoms. The Morgan fingerprint density at radius 1 is 1.30 bits per heavy atom. The molecule has 2 rings (SSSR count). The number of rotatable bonds is 0. The third kappa shape index (κ3) is 0.968. The van der Waals surface area contributed by atoms with Crippen LogP contribution in [0.15, 0.2) is 0 Å². The molecule has 0 bridgehead atoms. The number of hydrogen-bond donors (Lipinski definition) is 0. The van der Waals surface area contributed by atoms with E-state index in [9.17, 15) is 0 Å². The summed E-state index contributed by atoms with van der Waals surface area (Å²) in [5.74, 6) is 0. The zero-order valence-corrected chi connectivity index (χ0v) is 7.06. The summed E-state index contributed by atoms with van der Waals surface area (Å²) in [4.78, 5) is 2.52. The highest BCUT2D eigenvalue weighted by Crippen LogP contribution is 2.52. The standard InChI is InChI=1S/C9H17N/c1-8-3-4-9(5-6-9)7-10(8)2/h8H,3-7H2,1-2H3. The smallest absolute Gasteiger partial charge is 0.00643 e. The van der Waals surface area contributed by atoms with Crippen LogP contribution in [0.2, 0.25) is 0 Å².